The third kappa shape index (κ3) is 4.43. The van der Waals surface area contributed by atoms with Crippen molar-refractivity contribution in [1.82, 2.24) is 0 Å². The number of thioether (sulfide) groups is 1. The minimum atomic E-state index is -0.516. The summed E-state index contributed by atoms with van der Waals surface area (Å²) >= 11 is 1.60. The Balaban J connectivity index is 2.98. The smallest absolute Gasteiger partial charge is 0.293 e. The van der Waals surface area contributed by atoms with Gasteiger partial charge in [0.05, 0.1) is 16.6 Å². The van der Waals surface area contributed by atoms with Crippen molar-refractivity contribution in [3.8, 4) is 6.07 Å². The van der Waals surface area contributed by atoms with E-state index in [0.717, 1.165) is 5.75 Å². The van der Waals surface area contributed by atoms with Gasteiger partial charge in [-0.3, -0.25) is 10.1 Å². The molecule has 0 spiro atoms. The van der Waals surface area contributed by atoms with Crippen LogP contribution in [0.15, 0.2) is 18.2 Å². The molecule has 0 radical (unpaired) electrons. The lowest BCUT2D eigenvalue weighted by Gasteiger charge is -2.17. The molecule has 102 valence electrons. The number of nitrogens with zero attached hydrogens (tertiary/aromatic N) is 2. The number of aliphatic hydroxyl groups excluding tert-OH is 1. The lowest BCUT2D eigenvalue weighted by Crippen LogP contribution is -2.24. The molecule has 1 aromatic carbocycles. The summed E-state index contributed by atoms with van der Waals surface area (Å²) in [6.07, 6.45) is 2.44. The maximum atomic E-state index is 11.0. The van der Waals surface area contributed by atoms with Gasteiger partial charge in [-0.1, -0.05) is 0 Å². The van der Waals surface area contributed by atoms with E-state index in [1.54, 1.807) is 11.8 Å². The van der Waals surface area contributed by atoms with Crippen molar-refractivity contribution in [3.63, 3.8) is 0 Å². The van der Waals surface area contributed by atoms with Crippen LogP contribution in [0.25, 0.3) is 0 Å². The number of aliphatic hydroxyl groups is 1. The van der Waals surface area contributed by atoms with Crippen molar-refractivity contribution in [1.29, 1.82) is 5.26 Å². The monoisotopic (exact) mass is 281 g/mol. The fraction of sp³-hybridized carbons (Fsp3) is 0.417. The minimum absolute atomic E-state index is 0.0162. The first-order valence-electron chi connectivity index (χ1n) is 5.67. The number of hydrogen-bond donors (Lipinski definition) is 2. The summed E-state index contributed by atoms with van der Waals surface area (Å²) in [5.74, 6) is 0.734. The second kappa shape index (κ2) is 7.61. The third-order valence-corrected chi connectivity index (χ3v) is 3.26. The molecule has 0 saturated carbocycles. The van der Waals surface area contributed by atoms with E-state index in [2.05, 4.69) is 5.32 Å². The van der Waals surface area contributed by atoms with E-state index in [0.29, 0.717) is 12.1 Å². The average molecular weight is 281 g/mol. The van der Waals surface area contributed by atoms with E-state index in [9.17, 15) is 10.1 Å². The van der Waals surface area contributed by atoms with E-state index in [1.165, 1.54) is 18.2 Å². The Morgan fingerprint density at radius 3 is 2.89 bits per heavy atom. The van der Waals surface area contributed by atoms with Crippen LogP contribution >= 0.6 is 11.8 Å². The molecule has 1 unspecified atom stereocenters. The zero-order chi connectivity index (χ0) is 14.3. The van der Waals surface area contributed by atoms with Crippen molar-refractivity contribution in [2.75, 3.05) is 23.9 Å². The molecule has 0 aliphatic carbocycles. The summed E-state index contributed by atoms with van der Waals surface area (Å²) in [5.41, 5.74) is 0.500. The van der Waals surface area contributed by atoms with Crippen LogP contribution in [0.2, 0.25) is 0 Å². The maximum absolute atomic E-state index is 11.0. The van der Waals surface area contributed by atoms with Crippen LogP contribution in [-0.4, -0.2) is 34.7 Å². The van der Waals surface area contributed by atoms with Gasteiger partial charge < -0.3 is 10.4 Å². The Morgan fingerprint density at radius 2 is 2.37 bits per heavy atom. The molecule has 0 aliphatic rings. The first kappa shape index (κ1) is 15.3. The number of hydrogen-bond acceptors (Lipinski definition) is 6. The largest absolute Gasteiger partial charge is 0.396 e. The first-order chi connectivity index (χ1) is 9.12. The zero-order valence-electron chi connectivity index (χ0n) is 10.5. The van der Waals surface area contributed by atoms with E-state index in [4.69, 9.17) is 10.4 Å². The molecule has 6 nitrogen and oxygen atoms in total. The average Bonchev–Trinajstić information content (AvgIpc) is 2.39. The number of anilines is 1. The van der Waals surface area contributed by atoms with Crippen LogP contribution in [0, 0.1) is 21.4 Å². The zero-order valence-corrected chi connectivity index (χ0v) is 11.3. The summed E-state index contributed by atoms with van der Waals surface area (Å²) in [4.78, 5) is 10.5. The molecule has 0 bridgehead atoms. The van der Waals surface area contributed by atoms with Crippen LogP contribution in [0.4, 0.5) is 11.4 Å². The first-order valence-corrected chi connectivity index (χ1v) is 7.06. The molecule has 1 aromatic rings. The Morgan fingerprint density at radius 1 is 1.63 bits per heavy atom. The molecular weight excluding hydrogens is 266 g/mol. The number of nitrogens with one attached hydrogen (secondary N) is 1. The summed E-state index contributed by atoms with van der Waals surface area (Å²) in [6, 6.07) is 6.14. The number of rotatable bonds is 7. The summed E-state index contributed by atoms with van der Waals surface area (Å²) in [6.45, 7) is 0.0162. The Labute approximate surface area is 115 Å². The second-order valence-corrected chi connectivity index (χ2v) is 4.82. The molecule has 0 aliphatic heterocycles. The van der Waals surface area contributed by atoms with Crippen LogP contribution in [0.1, 0.15) is 12.0 Å². The summed E-state index contributed by atoms with van der Waals surface area (Å²) in [5, 5.41) is 31.8. The molecule has 1 atom stereocenters. The van der Waals surface area contributed by atoms with Gasteiger partial charge in [0, 0.05) is 24.5 Å². The van der Waals surface area contributed by atoms with Gasteiger partial charge in [-0.05, 0) is 24.8 Å². The SMILES string of the molecule is CSCC(CCO)Nc1ccc(C#N)cc1[N+](=O)[O-]. The molecule has 2 N–H and O–H groups in total. The van der Waals surface area contributed by atoms with E-state index < -0.39 is 4.92 Å². The number of nitro groups is 1. The summed E-state index contributed by atoms with van der Waals surface area (Å²) < 4.78 is 0. The lowest BCUT2D eigenvalue weighted by atomic mass is 10.1. The Bertz CT molecular complexity index is 482. The van der Waals surface area contributed by atoms with E-state index >= 15 is 0 Å². The van der Waals surface area contributed by atoms with Crippen LogP contribution in [-0.2, 0) is 0 Å². The van der Waals surface area contributed by atoms with E-state index in [-0.39, 0.29) is 23.9 Å². The Hall–Kier alpha value is -1.78. The number of nitriles is 1. The van der Waals surface area contributed by atoms with Gasteiger partial charge in [0.15, 0.2) is 0 Å². The molecule has 19 heavy (non-hydrogen) atoms. The fourth-order valence-corrected chi connectivity index (χ4v) is 2.30. The van der Waals surface area contributed by atoms with Crippen LogP contribution < -0.4 is 5.32 Å². The summed E-state index contributed by atoms with van der Waals surface area (Å²) in [7, 11) is 0. The van der Waals surface area contributed by atoms with Gasteiger partial charge in [-0.25, -0.2) is 0 Å². The fourth-order valence-electron chi connectivity index (χ4n) is 1.65. The van der Waals surface area contributed by atoms with Gasteiger partial charge in [0.25, 0.3) is 5.69 Å². The molecule has 1 rings (SSSR count). The minimum Gasteiger partial charge on any atom is -0.396 e. The van der Waals surface area contributed by atoms with Gasteiger partial charge in [-0.2, -0.15) is 17.0 Å². The van der Waals surface area contributed by atoms with Crippen molar-refractivity contribution < 1.29 is 10.0 Å². The van der Waals surface area contributed by atoms with E-state index in [1.807, 2.05) is 12.3 Å². The number of nitro benzene ring substituents is 1. The van der Waals surface area contributed by atoms with Gasteiger partial charge >= 0.3 is 0 Å². The highest BCUT2D eigenvalue weighted by atomic mass is 32.2. The second-order valence-electron chi connectivity index (χ2n) is 3.91. The standard InChI is InChI=1S/C12H15N3O3S/c1-19-8-10(4-5-16)14-11-3-2-9(7-13)6-12(11)15(17)18/h2-3,6,10,14,16H,4-5,8H2,1H3. The van der Waals surface area contributed by atoms with Crippen LogP contribution in [0.5, 0.6) is 0 Å². The Kier molecular flexibility index (Phi) is 6.12. The third-order valence-electron chi connectivity index (χ3n) is 2.53. The van der Waals surface area contributed by atoms with Crippen molar-refractivity contribution in [2.24, 2.45) is 0 Å². The number of benzene rings is 1. The highest BCUT2D eigenvalue weighted by molar-refractivity contribution is 7.98. The van der Waals surface area contributed by atoms with Crippen molar-refractivity contribution in [2.45, 2.75) is 12.5 Å². The lowest BCUT2D eigenvalue weighted by molar-refractivity contribution is -0.384. The highest BCUT2D eigenvalue weighted by Gasteiger charge is 2.17. The molecule has 0 fully saturated rings. The molecule has 0 aromatic heterocycles. The van der Waals surface area contributed by atoms with Crippen LogP contribution in [0.3, 0.4) is 0 Å². The van der Waals surface area contributed by atoms with Gasteiger partial charge in [0.1, 0.15) is 5.69 Å². The normalized spacial score (nSPS) is 11.6. The highest BCUT2D eigenvalue weighted by Crippen LogP contribution is 2.26. The predicted molar refractivity (Wildman–Crippen MR) is 75.3 cm³/mol. The molecule has 0 amide bonds. The maximum Gasteiger partial charge on any atom is 0.293 e. The topological polar surface area (TPSA) is 99.2 Å². The van der Waals surface area contributed by atoms with Crippen molar-refractivity contribution >= 4 is 23.1 Å². The molecule has 0 saturated heterocycles. The molecular formula is C12H15N3O3S. The molecule has 7 heteroatoms. The van der Waals surface area contributed by atoms with Gasteiger partial charge in [0.2, 0.25) is 0 Å². The predicted octanol–water partition coefficient (Wildman–Crippen LogP) is 1.99. The van der Waals surface area contributed by atoms with Gasteiger partial charge in [-0.15, -0.1) is 0 Å². The molecule has 0 heterocycles. The van der Waals surface area contributed by atoms with Crippen molar-refractivity contribution in [3.05, 3.63) is 33.9 Å². The quantitative estimate of drug-likeness (QED) is 0.585.